The predicted molar refractivity (Wildman–Crippen MR) is 79.1 cm³/mol. The molecule has 0 unspecified atom stereocenters. The molecule has 1 N–H and O–H groups in total. The lowest BCUT2D eigenvalue weighted by Crippen LogP contribution is -2.49. The van der Waals surface area contributed by atoms with Crippen molar-refractivity contribution in [2.45, 2.75) is 18.4 Å². The van der Waals surface area contributed by atoms with Crippen LogP contribution in [0, 0.1) is 5.82 Å². The maximum atomic E-state index is 13.3. The predicted octanol–water partition coefficient (Wildman–Crippen LogP) is 4.20. The molecule has 2 rings (SSSR count). The highest BCUT2D eigenvalue weighted by Gasteiger charge is 2.48. The molecule has 0 saturated carbocycles. The Balaban J connectivity index is 0.00000264. The summed E-state index contributed by atoms with van der Waals surface area (Å²) in [5.74, 6) is -1.22. The number of benzene rings is 1. The molecule has 11 heteroatoms. The molecule has 0 aliphatic carbocycles. The Morgan fingerprint density at radius 2 is 1.50 bits per heavy atom. The van der Waals surface area contributed by atoms with Crippen LogP contribution in [0.5, 0.6) is 0 Å². The number of rotatable bonds is 2. The van der Waals surface area contributed by atoms with Gasteiger partial charge in [0.1, 0.15) is 11.9 Å². The third-order valence-corrected chi connectivity index (χ3v) is 3.44. The number of hydrogen-bond acceptors (Lipinski definition) is 2. The summed E-state index contributed by atoms with van der Waals surface area (Å²) in [7, 11) is 0. The summed E-state index contributed by atoms with van der Waals surface area (Å²) in [4.78, 5) is 0.930. The Labute approximate surface area is 146 Å². The number of alkyl halides is 6. The van der Waals surface area contributed by atoms with Gasteiger partial charge in [-0.2, -0.15) is 26.3 Å². The Morgan fingerprint density at radius 1 is 0.958 bits per heavy atom. The summed E-state index contributed by atoms with van der Waals surface area (Å²) in [6.45, 7) is 0.405. The molecule has 1 atom stereocenters. The van der Waals surface area contributed by atoms with Crippen LogP contribution < -0.4 is 5.32 Å². The molecule has 0 bridgehead atoms. The molecule has 1 aromatic rings. The molecule has 0 spiro atoms. The van der Waals surface area contributed by atoms with Gasteiger partial charge in [-0.3, -0.25) is 4.90 Å². The first-order valence-corrected chi connectivity index (χ1v) is 6.49. The zero-order valence-corrected chi connectivity index (χ0v) is 13.7. The molecule has 0 radical (unpaired) electrons. The molecule has 140 valence electrons. The fourth-order valence-corrected chi connectivity index (χ4v) is 2.53. The third-order valence-electron chi connectivity index (χ3n) is 3.44. The third kappa shape index (κ3) is 5.37. The van der Waals surface area contributed by atoms with Crippen LogP contribution in [0.4, 0.5) is 30.7 Å². The number of hydrogen-bond donors (Lipinski definition) is 1. The number of nitrogens with zero attached hydrogens (tertiary/aromatic N) is 1. The van der Waals surface area contributed by atoms with E-state index in [2.05, 4.69) is 5.32 Å². The molecule has 1 aromatic carbocycles. The van der Waals surface area contributed by atoms with E-state index < -0.39 is 35.3 Å². The van der Waals surface area contributed by atoms with E-state index in [0.29, 0.717) is 12.1 Å². The van der Waals surface area contributed by atoms with Crippen LogP contribution in [0.2, 0.25) is 0 Å². The first-order valence-electron chi connectivity index (χ1n) is 6.49. The van der Waals surface area contributed by atoms with Gasteiger partial charge in [0, 0.05) is 26.2 Å². The Bertz CT molecular complexity index is 528. The van der Waals surface area contributed by atoms with Gasteiger partial charge in [0.15, 0.2) is 0 Å². The minimum atomic E-state index is -5.06. The quantitative estimate of drug-likeness (QED) is 0.745. The fraction of sp³-hybridized carbons (Fsp3) is 0.538. The first-order chi connectivity index (χ1) is 10.1. The standard InChI is InChI=1S/C13H13F7N2.2ClH/c14-8-1-2-9(10(7-8)12(15,16)17)11(13(18,19)20)22-5-3-21-4-6-22;;/h1-2,7,11,21H,3-6H2;2*1H/t11-;;/m1../s1. The van der Waals surface area contributed by atoms with Gasteiger partial charge in [-0.05, 0) is 17.7 Å². The van der Waals surface area contributed by atoms with Crippen molar-refractivity contribution in [2.24, 2.45) is 0 Å². The van der Waals surface area contributed by atoms with E-state index in [1.165, 1.54) is 0 Å². The average molecular weight is 403 g/mol. The molecule has 1 aliphatic rings. The lowest BCUT2D eigenvalue weighted by atomic mass is 9.97. The van der Waals surface area contributed by atoms with Gasteiger partial charge in [0.05, 0.1) is 5.56 Å². The number of nitrogens with one attached hydrogen (secondary N) is 1. The van der Waals surface area contributed by atoms with Gasteiger partial charge in [-0.15, -0.1) is 24.8 Å². The lowest BCUT2D eigenvalue weighted by Gasteiger charge is -2.37. The van der Waals surface area contributed by atoms with Gasteiger partial charge >= 0.3 is 12.4 Å². The van der Waals surface area contributed by atoms with Crippen molar-refractivity contribution < 1.29 is 30.7 Å². The van der Waals surface area contributed by atoms with E-state index in [1.807, 2.05) is 0 Å². The second-order valence-electron chi connectivity index (χ2n) is 4.96. The summed E-state index contributed by atoms with van der Waals surface area (Å²) in [6.07, 6.45) is -9.95. The minimum absolute atomic E-state index is 0. The Hall–Kier alpha value is -0.770. The number of halogens is 9. The SMILES string of the molecule is Cl.Cl.Fc1ccc([C@@H](N2CCNCC2)C(F)(F)F)c(C(F)(F)F)c1. The highest BCUT2D eigenvalue weighted by atomic mass is 35.5. The van der Waals surface area contributed by atoms with E-state index in [0.717, 1.165) is 4.90 Å². The monoisotopic (exact) mass is 402 g/mol. The topological polar surface area (TPSA) is 15.3 Å². The maximum absolute atomic E-state index is 13.3. The Morgan fingerprint density at radius 3 is 1.96 bits per heavy atom. The second kappa shape index (κ2) is 8.55. The molecule has 1 aliphatic heterocycles. The summed E-state index contributed by atoms with van der Waals surface area (Å²) in [5, 5.41) is 2.84. The normalized spacial score (nSPS) is 17.6. The van der Waals surface area contributed by atoms with Gasteiger partial charge < -0.3 is 5.32 Å². The summed E-state index contributed by atoms with van der Waals surface area (Å²) in [5.41, 5.74) is -2.56. The van der Waals surface area contributed by atoms with Crippen molar-refractivity contribution in [2.75, 3.05) is 26.2 Å². The van der Waals surface area contributed by atoms with Gasteiger partial charge in [0.2, 0.25) is 0 Å². The second-order valence-corrected chi connectivity index (χ2v) is 4.96. The number of piperazine rings is 1. The van der Waals surface area contributed by atoms with Crippen LogP contribution in [0.25, 0.3) is 0 Å². The molecule has 1 heterocycles. The van der Waals surface area contributed by atoms with E-state index >= 15 is 0 Å². The van der Waals surface area contributed by atoms with Crippen LogP contribution in [0.15, 0.2) is 18.2 Å². The smallest absolute Gasteiger partial charge is 0.314 e. The van der Waals surface area contributed by atoms with Gasteiger partial charge in [-0.25, -0.2) is 4.39 Å². The van der Waals surface area contributed by atoms with Crippen LogP contribution in [-0.2, 0) is 6.18 Å². The van der Waals surface area contributed by atoms with Gasteiger partial charge in [-0.1, -0.05) is 6.07 Å². The van der Waals surface area contributed by atoms with Crippen LogP contribution in [0.1, 0.15) is 17.2 Å². The van der Waals surface area contributed by atoms with E-state index in [1.54, 1.807) is 0 Å². The highest BCUT2D eigenvalue weighted by molar-refractivity contribution is 5.85. The molecule has 24 heavy (non-hydrogen) atoms. The lowest BCUT2D eigenvalue weighted by molar-refractivity contribution is -0.190. The van der Waals surface area contributed by atoms with E-state index in [-0.39, 0.29) is 57.1 Å². The van der Waals surface area contributed by atoms with Crippen LogP contribution >= 0.6 is 24.8 Å². The summed E-state index contributed by atoms with van der Waals surface area (Å²) < 4.78 is 92.0. The maximum Gasteiger partial charge on any atom is 0.416 e. The van der Waals surface area contributed by atoms with Gasteiger partial charge in [0.25, 0.3) is 0 Å². The molecule has 2 nitrogen and oxygen atoms in total. The first kappa shape index (κ1) is 23.2. The fourth-order valence-electron chi connectivity index (χ4n) is 2.53. The highest BCUT2D eigenvalue weighted by Crippen LogP contribution is 2.43. The zero-order chi connectivity index (χ0) is 16.5. The Kier molecular flexibility index (Phi) is 8.28. The van der Waals surface area contributed by atoms with Crippen molar-refractivity contribution in [3.8, 4) is 0 Å². The van der Waals surface area contributed by atoms with Crippen molar-refractivity contribution in [1.82, 2.24) is 10.2 Å². The molecule has 0 amide bonds. The largest absolute Gasteiger partial charge is 0.416 e. The molecular weight excluding hydrogens is 388 g/mol. The zero-order valence-electron chi connectivity index (χ0n) is 12.0. The van der Waals surface area contributed by atoms with E-state index in [4.69, 9.17) is 0 Å². The van der Waals surface area contributed by atoms with E-state index in [9.17, 15) is 30.7 Å². The van der Waals surface area contributed by atoms with Crippen LogP contribution in [-0.4, -0.2) is 37.3 Å². The summed E-state index contributed by atoms with van der Waals surface area (Å²) >= 11 is 0. The molecule has 0 aromatic heterocycles. The van der Waals surface area contributed by atoms with Crippen molar-refractivity contribution in [1.29, 1.82) is 0 Å². The molecule has 1 fully saturated rings. The van der Waals surface area contributed by atoms with Crippen molar-refractivity contribution in [3.05, 3.63) is 35.1 Å². The van der Waals surface area contributed by atoms with Crippen molar-refractivity contribution >= 4 is 24.8 Å². The molecule has 1 saturated heterocycles. The summed E-state index contributed by atoms with van der Waals surface area (Å²) in [6, 6.07) is -1.12. The molecular formula is C13H15Cl2F7N2. The minimum Gasteiger partial charge on any atom is -0.314 e. The van der Waals surface area contributed by atoms with Crippen LogP contribution in [0.3, 0.4) is 0 Å². The van der Waals surface area contributed by atoms with Crippen molar-refractivity contribution in [3.63, 3.8) is 0 Å². The average Bonchev–Trinajstić information content (AvgIpc) is 2.39.